The Kier molecular flexibility index (Phi) is 4.95. The van der Waals surface area contributed by atoms with Gasteiger partial charge in [-0.25, -0.2) is 4.79 Å². The first-order chi connectivity index (χ1) is 5.90. The molecule has 0 aliphatic heterocycles. The molecular formula is C9H19NO3. The molecule has 78 valence electrons. The number of unbranched alkanes of at least 4 members (excludes halogenated alkanes) is 1. The molecule has 0 radical (unpaired) electrons. The molecule has 0 atom stereocenters. The van der Waals surface area contributed by atoms with Crippen LogP contribution in [0.3, 0.4) is 0 Å². The second-order valence-electron chi connectivity index (χ2n) is 3.61. The molecule has 0 heterocycles. The van der Waals surface area contributed by atoms with Gasteiger partial charge in [0.15, 0.2) is 5.60 Å². The summed E-state index contributed by atoms with van der Waals surface area (Å²) in [5, 5.41) is 10.3. The Morgan fingerprint density at radius 1 is 1.54 bits per heavy atom. The molecule has 0 fully saturated rings. The predicted octanol–water partition coefficient (Wildman–Crippen LogP) is 1.51. The van der Waals surface area contributed by atoms with Crippen molar-refractivity contribution in [1.29, 1.82) is 0 Å². The van der Waals surface area contributed by atoms with Gasteiger partial charge in [-0.3, -0.25) is 4.84 Å². The van der Waals surface area contributed by atoms with Gasteiger partial charge in [0.2, 0.25) is 0 Å². The van der Waals surface area contributed by atoms with Crippen molar-refractivity contribution in [3.63, 3.8) is 0 Å². The highest BCUT2D eigenvalue weighted by Gasteiger charge is 2.30. The fourth-order valence-corrected chi connectivity index (χ4v) is 0.855. The van der Waals surface area contributed by atoms with E-state index in [2.05, 4.69) is 6.92 Å². The zero-order chi connectivity index (χ0) is 10.5. The Balaban J connectivity index is 3.89. The minimum absolute atomic E-state index is 0.757. The Morgan fingerprint density at radius 3 is 2.46 bits per heavy atom. The number of carboxylic acids is 1. The molecule has 0 aromatic heterocycles. The highest BCUT2D eigenvalue weighted by Crippen LogP contribution is 2.11. The summed E-state index contributed by atoms with van der Waals surface area (Å²) in [6.07, 6.45) is 2.08. The van der Waals surface area contributed by atoms with Gasteiger partial charge in [0.05, 0.1) is 0 Å². The Bertz CT molecular complexity index is 168. The fraction of sp³-hybridized carbons (Fsp3) is 0.889. The first-order valence-electron chi connectivity index (χ1n) is 4.53. The van der Waals surface area contributed by atoms with Crippen LogP contribution in [-0.4, -0.2) is 35.3 Å². The molecule has 0 aromatic carbocycles. The summed E-state index contributed by atoms with van der Waals surface area (Å²) in [6, 6.07) is 0. The Labute approximate surface area is 79.4 Å². The lowest BCUT2D eigenvalue weighted by molar-refractivity contribution is -0.229. The number of hydrogen-bond acceptors (Lipinski definition) is 3. The SMILES string of the molecule is CCCCN(C)OC(C)(C)C(=O)O. The summed E-state index contributed by atoms with van der Waals surface area (Å²) < 4.78 is 0. The van der Waals surface area contributed by atoms with Crippen LogP contribution in [0.5, 0.6) is 0 Å². The zero-order valence-corrected chi connectivity index (χ0v) is 8.83. The molecule has 0 aliphatic rings. The monoisotopic (exact) mass is 189 g/mol. The van der Waals surface area contributed by atoms with Crippen LogP contribution in [0.25, 0.3) is 0 Å². The number of hydroxylamine groups is 2. The van der Waals surface area contributed by atoms with Crippen molar-refractivity contribution in [2.24, 2.45) is 0 Å². The molecule has 0 spiro atoms. The molecule has 0 saturated carbocycles. The van der Waals surface area contributed by atoms with Crippen LogP contribution < -0.4 is 0 Å². The molecule has 0 amide bonds. The van der Waals surface area contributed by atoms with Gasteiger partial charge in [0, 0.05) is 13.6 Å². The standard InChI is InChI=1S/C9H19NO3/c1-5-6-7-10(4)13-9(2,3)8(11)12/h5-7H2,1-4H3,(H,11,12). The van der Waals surface area contributed by atoms with Crippen molar-refractivity contribution in [2.75, 3.05) is 13.6 Å². The molecule has 13 heavy (non-hydrogen) atoms. The van der Waals surface area contributed by atoms with Gasteiger partial charge in [0.1, 0.15) is 0 Å². The van der Waals surface area contributed by atoms with E-state index in [1.165, 1.54) is 13.8 Å². The third-order valence-electron chi connectivity index (χ3n) is 1.73. The Hall–Kier alpha value is -0.610. The number of hydrogen-bond donors (Lipinski definition) is 1. The van der Waals surface area contributed by atoms with Crippen LogP contribution in [0.15, 0.2) is 0 Å². The normalized spacial score (nSPS) is 12.1. The van der Waals surface area contributed by atoms with Crippen molar-refractivity contribution in [1.82, 2.24) is 5.06 Å². The van der Waals surface area contributed by atoms with E-state index >= 15 is 0 Å². The fourth-order valence-electron chi connectivity index (χ4n) is 0.855. The van der Waals surface area contributed by atoms with E-state index in [-0.39, 0.29) is 0 Å². The topological polar surface area (TPSA) is 49.8 Å². The summed E-state index contributed by atoms with van der Waals surface area (Å²) in [5.41, 5.74) is -1.14. The first-order valence-corrected chi connectivity index (χ1v) is 4.53. The number of aliphatic carboxylic acids is 1. The second-order valence-corrected chi connectivity index (χ2v) is 3.61. The average molecular weight is 189 g/mol. The molecule has 0 rings (SSSR count). The molecule has 4 nitrogen and oxygen atoms in total. The van der Waals surface area contributed by atoms with E-state index in [0.29, 0.717) is 0 Å². The second kappa shape index (κ2) is 5.19. The maximum atomic E-state index is 10.7. The summed E-state index contributed by atoms with van der Waals surface area (Å²) in [7, 11) is 1.75. The zero-order valence-electron chi connectivity index (χ0n) is 8.83. The molecule has 0 aliphatic carbocycles. The van der Waals surface area contributed by atoms with E-state index in [4.69, 9.17) is 9.94 Å². The average Bonchev–Trinajstić information content (AvgIpc) is 1.99. The molecule has 0 aromatic rings. The lowest BCUT2D eigenvalue weighted by atomic mass is 10.1. The van der Waals surface area contributed by atoms with Gasteiger partial charge in [-0.1, -0.05) is 13.3 Å². The highest BCUT2D eigenvalue weighted by molar-refractivity contribution is 5.76. The predicted molar refractivity (Wildman–Crippen MR) is 50.3 cm³/mol. The lowest BCUT2D eigenvalue weighted by Gasteiger charge is -2.26. The lowest BCUT2D eigenvalue weighted by Crippen LogP contribution is -2.41. The van der Waals surface area contributed by atoms with Crippen LogP contribution >= 0.6 is 0 Å². The third-order valence-corrected chi connectivity index (χ3v) is 1.73. The molecular weight excluding hydrogens is 170 g/mol. The number of carboxylic acid groups (broad SMARTS) is 1. The van der Waals surface area contributed by atoms with E-state index in [9.17, 15) is 4.79 Å². The van der Waals surface area contributed by atoms with Crippen LogP contribution in [-0.2, 0) is 9.63 Å². The van der Waals surface area contributed by atoms with E-state index < -0.39 is 11.6 Å². The summed E-state index contributed by atoms with van der Waals surface area (Å²) >= 11 is 0. The first kappa shape index (κ1) is 12.4. The summed E-state index contributed by atoms with van der Waals surface area (Å²) in [6.45, 7) is 5.92. The van der Waals surface area contributed by atoms with Crippen molar-refractivity contribution in [3.8, 4) is 0 Å². The van der Waals surface area contributed by atoms with Gasteiger partial charge in [-0.2, -0.15) is 5.06 Å². The van der Waals surface area contributed by atoms with Crippen molar-refractivity contribution in [2.45, 2.75) is 39.2 Å². The van der Waals surface area contributed by atoms with Crippen LogP contribution in [0, 0.1) is 0 Å². The summed E-state index contributed by atoms with van der Waals surface area (Å²) in [4.78, 5) is 15.9. The van der Waals surface area contributed by atoms with Crippen molar-refractivity contribution >= 4 is 5.97 Å². The maximum Gasteiger partial charge on any atom is 0.337 e. The van der Waals surface area contributed by atoms with E-state index in [1.807, 2.05) is 0 Å². The van der Waals surface area contributed by atoms with Crippen LogP contribution in [0.4, 0.5) is 0 Å². The highest BCUT2D eigenvalue weighted by atomic mass is 16.7. The largest absolute Gasteiger partial charge is 0.479 e. The van der Waals surface area contributed by atoms with Gasteiger partial charge >= 0.3 is 5.97 Å². The minimum Gasteiger partial charge on any atom is -0.479 e. The van der Waals surface area contributed by atoms with Crippen molar-refractivity contribution < 1.29 is 14.7 Å². The summed E-state index contributed by atoms with van der Waals surface area (Å²) in [5.74, 6) is -0.948. The maximum absolute atomic E-state index is 10.7. The quantitative estimate of drug-likeness (QED) is 0.643. The van der Waals surface area contributed by atoms with Gasteiger partial charge < -0.3 is 5.11 Å². The smallest absolute Gasteiger partial charge is 0.337 e. The van der Waals surface area contributed by atoms with Crippen LogP contribution in [0.2, 0.25) is 0 Å². The van der Waals surface area contributed by atoms with Crippen LogP contribution in [0.1, 0.15) is 33.6 Å². The number of nitrogens with zero attached hydrogens (tertiary/aromatic N) is 1. The molecule has 0 saturated heterocycles. The van der Waals surface area contributed by atoms with Gasteiger partial charge in [-0.05, 0) is 20.3 Å². The van der Waals surface area contributed by atoms with E-state index in [0.717, 1.165) is 19.4 Å². The number of rotatable bonds is 6. The molecule has 4 heteroatoms. The molecule has 0 bridgehead atoms. The van der Waals surface area contributed by atoms with Gasteiger partial charge in [0.25, 0.3) is 0 Å². The third kappa shape index (κ3) is 4.85. The van der Waals surface area contributed by atoms with Gasteiger partial charge in [-0.15, -0.1) is 0 Å². The van der Waals surface area contributed by atoms with E-state index in [1.54, 1.807) is 12.1 Å². The number of carbonyl (C=O) groups is 1. The molecule has 1 N–H and O–H groups in total. The minimum atomic E-state index is -1.14. The Morgan fingerprint density at radius 2 is 2.08 bits per heavy atom. The molecule has 0 unspecified atom stereocenters. The van der Waals surface area contributed by atoms with Crippen molar-refractivity contribution in [3.05, 3.63) is 0 Å².